The third-order valence-electron chi connectivity index (χ3n) is 2.69. The minimum Gasteiger partial charge on any atom is -0.464 e. The van der Waals surface area contributed by atoms with Crippen LogP contribution in [0.4, 0.5) is 0 Å². The summed E-state index contributed by atoms with van der Waals surface area (Å²) in [6, 6.07) is -1.02. The SMILES string of the molecule is CC(=O)N[C@H](COC(C)=O)[C@H](OC(C)=O)[C@@](C)(O)COC(C)=O. The van der Waals surface area contributed by atoms with E-state index in [1.165, 1.54) is 20.8 Å². The summed E-state index contributed by atoms with van der Waals surface area (Å²) in [5.74, 6) is -2.46. The second kappa shape index (κ2) is 9.09. The lowest BCUT2D eigenvalue weighted by Gasteiger charge is -2.36. The predicted molar refractivity (Wildman–Crippen MR) is 77.0 cm³/mol. The highest BCUT2D eigenvalue weighted by Gasteiger charge is 2.42. The van der Waals surface area contributed by atoms with Gasteiger partial charge in [-0.2, -0.15) is 0 Å². The average molecular weight is 333 g/mol. The second-order valence-corrected chi connectivity index (χ2v) is 5.28. The molecule has 0 aromatic carbocycles. The molecule has 0 aromatic heterocycles. The summed E-state index contributed by atoms with van der Waals surface area (Å²) in [5, 5.41) is 12.9. The monoisotopic (exact) mass is 333 g/mol. The Kier molecular flexibility index (Phi) is 8.23. The Labute approximate surface area is 134 Å². The van der Waals surface area contributed by atoms with E-state index in [1.54, 1.807) is 0 Å². The third kappa shape index (κ3) is 8.77. The maximum atomic E-state index is 11.3. The van der Waals surface area contributed by atoms with Crippen molar-refractivity contribution in [2.75, 3.05) is 13.2 Å². The lowest BCUT2D eigenvalue weighted by molar-refractivity contribution is -0.180. The fourth-order valence-electron chi connectivity index (χ4n) is 1.82. The van der Waals surface area contributed by atoms with E-state index in [0.717, 1.165) is 13.8 Å². The van der Waals surface area contributed by atoms with Crippen LogP contribution < -0.4 is 5.32 Å². The van der Waals surface area contributed by atoms with Crippen molar-refractivity contribution >= 4 is 23.8 Å². The molecule has 0 saturated carbocycles. The minimum absolute atomic E-state index is 0.330. The molecule has 0 aromatic rings. The van der Waals surface area contributed by atoms with Crippen molar-refractivity contribution in [3.63, 3.8) is 0 Å². The van der Waals surface area contributed by atoms with Crippen LogP contribution in [0.2, 0.25) is 0 Å². The van der Waals surface area contributed by atoms with Crippen LogP contribution in [-0.2, 0) is 33.4 Å². The summed E-state index contributed by atoms with van der Waals surface area (Å²) >= 11 is 0. The first-order valence-corrected chi connectivity index (χ1v) is 6.89. The van der Waals surface area contributed by atoms with Crippen LogP contribution in [0.3, 0.4) is 0 Å². The van der Waals surface area contributed by atoms with E-state index in [9.17, 15) is 24.3 Å². The standard InChI is InChI=1S/C14H23NO8/c1-8(16)15-12(6-21-9(2)17)13(23-11(4)19)14(5,20)7-22-10(3)18/h12-13,20H,6-7H2,1-5H3,(H,15,16)/t12-,13+,14+/m1/s1. The van der Waals surface area contributed by atoms with E-state index < -0.39 is 48.2 Å². The Morgan fingerprint density at radius 3 is 1.91 bits per heavy atom. The molecule has 9 nitrogen and oxygen atoms in total. The molecule has 0 saturated heterocycles. The molecule has 0 fully saturated rings. The van der Waals surface area contributed by atoms with Crippen molar-refractivity contribution in [2.24, 2.45) is 0 Å². The van der Waals surface area contributed by atoms with Crippen LogP contribution >= 0.6 is 0 Å². The number of rotatable bonds is 8. The van der Waals surface area contributed by atoms with Crippen molar-refractivity contribution < 1.29 is 38.5 Å². The van der Waals surface area contributed by atoms with Crippen LogP contribution in [0, 0.1) is 0 Å². The largest absolute Gasteiger partial charge is 0.464 e. The molecule has 0 aliphatic rings. The maximum absolute atomic E-state index is 11.3. The number of ether oxygens (including phenoxy) is 3. The first-order chi connectivity index (χ1) is 10.5. The zero-order chi connectivity index (χ0) is 18.2. The molecule has 0 aliphatic heterocycles. The quantitative estimate of drug-likeness (QED) is 0.441. The van der Waals surface area contributed by atoms with Gasteiger partial charge in [-0.05, 0) is 6.92 Å². The summed E-state index contributed by atoms with van der Waals surface area (Å²) in [4.78, 5) is 44.5. The molecule has 9 heteroatoms. The molecule has 0 aliphatic carbocycles. The van der Waals surface area contributed by atoms with E-state index in [4.69, 9.17) is 14.2 Å². The van der Waals surface area contributed by atoms with Gasteiger partial charge in [-0.25, -0.2) is 0 Å². The maximum Gasteiger partial charge on any atom is 0.303 e. The van der Waals surface area contributed by atoms with Crippen molar-refractivity contribution in [3.8, 4) is 0 Å². The van der Waals surface area contributed by atoms with Crippen LogP contribution in [0.15, 0.2) is 0 Å². The predicted octanol–water partition coefficient (Wildman–Crippen LogP) is -0.700. The van der Waals surface area contributed by atoms with Gasteiger partial charge in [0.1, 0.15) is 24.9 Å². The topological polar surface area (TPSA) is 128 Å². The number of carbonyl (C=O) groups excluding carboxylic acids is 4. The van der Waals surface area contributed by atoms with E-state index in [-0.39, 0.29) is 6.61 Å². The van der Waals surface area contributed by atoms with Crippen LogP contribution in [0.1, 0.15) is 34.6 Å². The first kappa shape index (κ1) is 20.8. The van der Waals surface area contributed by atoms with Gasteiger partial charge in [0, 0.05) is 27.7 Å². The third-order valence-corrected chi connectivity index (χ3v) is 2.69. The van der Waals surface area contributed by atoms with Crippen molar-refractivity contribution in [3.05, 3.63) is 0 Å². The molecule has 0 bridgehead atoms. The Balaban J connectivity index is 5.37. The van der Waals surface area contributed by atoms with Gasteiger partial charge in [0.05, 0.1) is 0 Å². The van der Waals surface area contributed by atoms with Crippen molar-refractivity contribution in [2.45, 2.75) is 52.4 Å². The first-order valence-electron chi connectivity index (χ1n) is 6.89. The van der Waals surface area contributed by atoms with Crippen LogP contribution in [0.25, 0.3) is 0 Å². The number of hydrogen-bond donors (Lipinski definition) is 2. The van der Waals surface area contributed by atoms with Crippen LogP contribution in [0.5, 0.6) is 0 Å². The van der Waals surface area contributed by atoms with E-state index in [2.05, 4.69) is 5.32 Å². The highest BCUT2D eigenvalue weighted by molar-refractivity contribution is 5.73. The molecular weight excluding hydrogens is 310 g/mol. The van der Waals surface area contributed by atoms with Gasteiger partial charge in [0.25, 0.3) is 0 Å². The smallest absolute Gasteiger partial charge is 0.303 e. The molecule has 0 unspecified atom stereocenters. The fraction of sp³-hybridized carbons (Fsp3) is 0.714. The second-order valence-electron chi connectivity index (χ2n) is 5.28. The van der Waals surface area contributed by atoms with E-state index in [1.807, 2.05) is 0 Å². The van der Waals surface area contributed by atoms with Gasteiger partial charge < -0.3 is 24.6 Å². The van der Waals surface area contributed by atoms with Gasteiger partial charge >= 0.3 is 17.9 Å². The molecule has 1 amide bonds. The molecular formula is C14H23NO8. The van der Waals surface area contributed by atoms with Gasteiger partial charge in [-0.1, -0.05) is 0 Å². The summed E-state index contributed by atoms with van der Waals surface area (Å²) in [5.41, 5.74) is -1.81. The normalized spacial score (nSPS) is 15.6. The summed E-state index contributed by atoms with van der Waals surface area (Å²) < 4.78 is 14.6. The number of amides is 1. The van der Waals surface area contributed by atoms with Crippen molar-refractivity contribution in [1.82, 2.24) is 5.32 Å². The molecule has 0 heterocycles. The molecule has 23 heavy (non-hydrogen) atoms. The molecule has 0 spiro atoms. The Bertz CT molecular complexity index is 460. The zero-order valence-corrected chi connectivity index (χ0v) is 13.9. The number of nitrogens with one attached hydrogen (secondary N) is 1. The van der Waals surface area contributed by atoms with E-state index in [0.29, 0.717) is 0 Å². The highest BCUT2D eigenvalue weighted by atomic mass is 16.6. The lowest BCUT2D eigenvalue weighted by atomic mass is 9.93. The van der Waals surface area contributed by atoms with Gasteiger partial charge in [0.2, 0.25) is 5.91 Å². The minimum atomic E-state index is -1.81. The lowest BCUT2D eigenvalue weighted by Crippen LogP contribution is -2.59. The van der Waals surface area contributed by atoms with Gasteiger partial charge in [0.15, 0.2) is 6.10 Å². The summed E-state index contributed by atoms with van der Waals surface area (Å²) in [7, 11) is 0. The van der Waals surface area contributed by atoms with Crippen molar-refractivity contribution in [1.29, 1.82) is 0 Å². The number of hydrogen-bond acceptors (Lipinski definition) is 8. The molecule has 2 N–H and O–H groups in total. The highest BCUT2D eigenvalue weighted by Crippen LogP contribution is 2.19. The van der Waals surface area contributed by atoms with Gasteiger partial charge in [-0.3, -0.25) is 19.2 Å². The zero-order valence-electron chi connectivity index (χ0n) is 13.9. The Hall–Kier alpha value is -2.16. The fourth-order valence-corrected chi connectivity index (χ4v) is 1.82. The Morgan fingerprint density at radius 1 is 1.00 bits per heavy atom. The summed E-state index contributed by atoms with van der Waals surface area (Å²) in [6.45, 7) is 5.12. The number of esters is 3. The number of aliphatic hydroxyl groups is 1. The molecule has 0 radical (unpaired) electrons. The molecule has 132 valence electrons. The van der Waals surface area contributed by atoms with Crippen LogP contribution in [-0.4, -0.2) is 59.9 Å². The van der Waals surface area contributed by atoms with E-state index >= 15 is 0 Å². The summed E-state index contributed by atoms with van der Waals surface area (Å²) in [6.07, 6.45) is -1.30. The van der Waals surface area contributed by atoms with Gasteiger partial charge in [-0.15, -0.1) is 0 Å². The number of carbonyl (C=O) groups is 4. The molecule has 0 rings (SSSR count). The average Bonchev–Trinajstić information content (AvgIpc) is 2.38. The molecule has 3 atom stereocenters. The Morgan fingerprint density at radius 2 is 1.52 bits per heavy atom.